The molecular weight excluding hydrogens is 308 g/mol. The quantitative estimate of drug-likeness (QED) is 0.908. The van der Waals surface area contributed by atoms with E-state index in [1.165, 1.54) is 16.1 Å². The summed E-state index contributed by atoms with van der Waals surface area (Å²) in [6, 6.07) is 6.30. The number of hydrogen-bond acceptors (Lipinski definition) is 3. The molecule has 0 radical (unpaired) electrons. The molecule has 0 fully saturated rings. The van der Waals surface area contributed by atoms with Crippen LogP contribution in [0.25, 0.3) is 11.3 Å². The van der Waals surface area contributed by atoms with E-state index in [0.717, 1.165) is 16.6 Å². The number of aryl methyl sites for hydroxylation is 1. The first-order chi connectivity index (χ1) is 8.61. The number of halogens is 1. The Morgan fingerprint density at radius 1 is 1.44 bits per heavy atom. The third-order valence-electron chi connectivity index (χ3n) is 3.02. The summed E-state index contributed by atoms with van der Waals surface area (Å²) in [7, 11) is 0. The molecule has 0 aliphatic carbocycles. The molecule has 1 unspecified atom stereocenters. The van der Waals surface area contributed by atoms with Crippen LogP contribution in [-0.4, -0.2) is 11.5 Å². The van der Waals surface area contributed by atoms with Crippen LogP contribution in [0.4, 0.5) is 0 Å². The monoisotopic (exact) mass is 324 g/mol. The molecule has 0 bridgehead atoms. The maximum absolute atomic E-state index is 5.60. The zero-order valence-corrected chi connectivity index (χ0v) is 13.0. The summed E-state index contributed by atoms with van der Waals surface area (Å²) >= 11 is 5.24. The minimum absolute atomic E-state index is 0.446. The summed E-state index contributed by atoms with van der Waals surface area (Å²) in [6.07, 6.45) is 0.990. The molecule has 0 saturated heterocycles. The Bertz CT molecular complexity index is 536. The van der Waals surface area contributed by atoms with Gasteiger partial charge in [-0.05, 0) is 37.6 Å². The Kier molecular flexibility index (Phi) is 4.54. The predicted molar refractivity (Wildman–Crippen MR) is 82.1 cm³/mol. The highest BCUT2D eigenvalue weighted by atomic mass is 79.9. The standard InChI is InChI=1S/C14H17BrN2S/c1-9-3-4-11(15)7-12(9)13-8-18-14(17-13)10(2)5-6-16/h3-4,7-8,10H,5-6,16H2,1-2H3. The first kappa shape index (κ1) is 13.7. The van der Waals surface area contributed by atoms with Crippen molar-refractivity contribution in [2.24, 2.45) is 5.73 Å². The molecule has 0 amide bonds. The molecule has 1 atom stereocenters. The van der Waals surface area contributed by atoms with Crippen LogP contribution >= 0.6 is 27.3 Å². The Morgan fingerprint density at radius 3 is 2.94 bits per heavy atom. The summed E-state index contributed by atoms with van der Waals surface area (Å²) in [5.74, 6) is 0.446. The Hall–Kier alpha value is -0.710. The highest BCUT2D eigenvalue weighted by Gasteiger charge is 2.12. The molecule has 2 rings (SSSR count). The van der Waals surface area contributed by atoms with Crippen LogP contribution in [0, 0.1) is 6.92 Å². The maximum Gasteiger partial charge on any atom is 0.0961 e. The zero-order valence-electron chi connectivity index (χ0n) is 10.6. The van der Waals surface area contributed by atoms with Crippen LogP contribution in [0.1, 0.15) is 29.8 Å². The molecule has 4 heteroatoms. The number of nitrogens with zero attached hydrogens (tertiary/aromatic N) is 1. The fourth-order valence-electron chi connectivity index (χ4n) is 1.88. The van der Waals surface area contributed by atoms with Gasteiger partial charge in [0.05, 0.1) is 10.7 Å². The average Bonchev–Trinajstić information content (AvgIpc) is 2.82. The Labute approximate surface area is 120 Å². The van der Waals surface area contributed by atoms with Gasteiger partial charge in [0.1, 0.15) is 0 Å². The van der Waals surface area contributed by atoms with E-state index in [1.807, 2.05) is 0 Å². The first-order valence-electron chi connectivity index (χ1n) is 6.04. The summed E-state index contributed by atoms with van der Waals surface area (Å²) < 4.78 is 1.09. The predicted octanol–water partition coefficient (Wildman–Crippen LogP) is 4.33. The molecule has 1 aromatic heterocycles. The number of aromatic nitrogens is 1. The number of thiazole rings is 1. The second-order valence-electron chi connectivity index (χ2n) is 4.51. The van der Waals surface area contributed by atoms with Gasteiger partial charge in [0.25, 0.3) is 0 Å². The average molecular weight is 325 g/mol. The van der Waals surface area contributed by atoms with Gasteiger partial charge in [-0.15, -0.1) is 11.3 Å². The second-order valence-corrected chi connectivity index (χ2v) is 6.31. The molecule has 0 aliphatic rings. The minimum atomic E-state index is 0.446. The van der Waals surface area contributed by atoms with E-state index in [0.29, 0.717) is 12.5 Å². The van der Waals surface area contributed by atoms with Crippen molar-refractivity contribution in [3.63, 3.8) is 0 Å². The van der Waals surface area contributed by atoms with Gasteiger partial charge in [0.2, 0.25) is 0 Å². The van der Waals surface area contributed by atoms with E-state index in [-0.39, 0.29) is 0 Å². The molecule has 0 saturated carbocycles. The lowest BCUT2D eigenvalue weighted by Crippen LogP contribution is -2.04. The van der Waals surface area contributed by atoms with Gasteiger partial charge in [-0.2, -0.15) is 0 Å². The summed E-state index contributed by atoms with van der Waals surface area (Å²) in [5, 5.41) is 3.31. The molecule has 96 valence electrons. The molecule has 18 heavy (non-hydrogen) atoms. The Morgan fingerprint density at radius 2 is 2.22 bits per heavy atom. The van der Waals surface area contributed by atoms with Crippen molar-refractivity contribution in [2.75, 3.05) is 6.54 Å². The summed E-state index contributed by atoms with van der Waals surface area (Å²) in [4.78, 5) is 4.74. The van der Waals surface area contributed by atoms with E-state index in [9.17, 15) is 0 Å². The van der Waals surface area contributed by atoms with Crippen molar-refractivity contribution in [1.29, 1.82) is 0 Å². The third kappa shape index (κ3) is 2.99. The zero-order chi connectivity index (χ0) is 13.1. The normalized spacial score (nSPS) is 12.7. The van der Waals surface area contributed by atoms with Gasteiger partial charge in [-0.25, -0.2) is 4.98 Å². The van der Waals surface area contributed by atoms with Crippen molar-refractivity contribution in [3.8, 4) is 11.3 Å². The number of benzene rings is 1. The third-order valence-corrected chi connectivity index (χ3v) is 4.59. The van der Waals surface area contributed by atoms with E-state index in [4.69, 9.17) is 10.7 Å². The minimum Gasteiger partial charge on any atom is -0.330 e. The molecule has 0 spiro atoms. The largest absolute Gasteiger partial charge is 0.330 e. The highest BCUT2D eigenvalue weighted by molar-refractivity contribution is 9.10. The van der Waals surface area contributed by atoms with Gasteiger partial charge in [0.15, 0.2) is 0 Å². The summed E-state index contributed by atoms with van der Waals surface area (Å²) in [6.45, 7) is 5.01. The van der Waals surface area contributed by atoms with Crippen LogP contribution in [0.5, 0.6) is 0 Å². The van der Waals surface area contributed by atoms with Gasteiger partial charge >= 0.3 is 0 Å². The van der Waals surface area contributed by atoms with Crippen molar-refractivity contribution in [2.45, 2.75) is 26.2 Å². The molecule has 2 aromatic rings. The molecule has 2 N–H and O–H groups in total. The molecular formula is C14H17BrN2S. The SMILES string of the molecule is Cc1ccc(Br)cc1-c1csc(C(C)CCN)n1. The topological polar surface area (TPSA) is 38.9 Å². The van der Waals surface area contributed by atoms with Crippen LogP contribution in [0.15, 0.2) is 28.1 Å². The van der Waals surface area contributed by atoms with Crippen molar-refractivity contribution in [1.82, 2.24) is 4.98 Å². The second kappa shape index (κ2) is 5.95. The van der Waals surface area contributed by atoms with Crippen molar-refractivity contribution < 1.29 is 0 Å². The highest BCUT2D eigenvalue weighted by Crippen LogP contribution is 2.31. The van der Waals surface area contributed by atoms with Gasteiger partial charge in [-0.1, -0.05) is 28.9 Å². The van der Waals surface area contributed by atoms with E-state index in [2.05, 4.69) is 53.4 Å². The molecule has 1 heterocycles. The van der Waals surface area contributed by atoms with Crippen LogP contribution in [-0.2, 0) is 0 Å². The smallest absolute Gasteiger partial charge is 0.0961 e. The van der Waals surface area contributed by atoms with Crippen LogP contribution in [0.3, 0.4) is 0 Å². The van der Waals surface area contributed by atoms with E-state index >= 15 is 0 Å². The molecule has 2 nitrogen and oxygen atoms in total. The lowest BCUT2D eigenvalue weighted by atomic mass is 10.1. The van der Waals surface area contributed by atoms with Crippen molar-refractivity contribution >= 4 is 27.3 Å². The van der Waals surface area contributed by atoms with E-state index < -0.39 is 0 Å². The number of rotatable bonds is 4. The van der Waals surface area contributed by atoms with E-state index in [1.54, 1.807) is 11.3 Å². The maximum atomic E-state index is 5.60. The Balaban J connectivity index is 2.32. The fourth-order valence-corrected chi connectivity index (χ4v) is 3.16. The van der Waals surface area contributed by atoms with Crippen molar-refractivity contribution in [3.05, 3.63) is 38.6 Å². The van der Waals surface area contributed by atoms with Crippen LogP contribution in [0.2, 0.25) is 0 Å². The lowest BCUT2D eigenvalue weighted by molar-refractivity contribution is 0.685. The van der Waals surface area contributed by atoms with Gasteiger partial charge < -0.3 is 5.73 Å². The van der Waals surface area contributed by atoms with Gasteiger partial charge in [0, 0.05) is 21.3 Å². The number of hydrogen-bond donors (Lipinski definition) is 1. The lowest BCUT2D eigenvalue weighted by Gasteiger charge is -2.06. The van der Waals surface area contributed by atoms with Gasteiger partial charge in [-0.3, -0.25) is 0 Å². The first-order valence-corrected chi connectivity index (χ1v) is 7.71. The molecule has 0 aliphatic heterocycles. The van der Waals surface area contributed by atoms with Crippen LogP contribution < -0.4 is 5.73 Å². The summed E-state index contributed by atoms with van der Waals surface area (Å²) in [5.41, 5.74) is 9.12. The number of nitrogens with two attached hydrogens (primary N) is 1. The fraction of sp³-hybridized carbons (Fsp3) is 0.357. The molecule has 1 aromatic carbocycles.